The van der Waals surface area contributed by atoms with Crippen LogP contribution in [0.1, 0.15) is 24.5 Å². The number of aromatic nitrogens is 2. The van der Waals surface area contributed by atoms with Crippen LogP contribution in [0.4, 0.5) is 5.69 Å². The predicted octanol–water partition coefficient (Wildman–Crippen LogP) is 3.43. The summed E-state index contributed by atoms with van der Waals surface area (Å²) in [5, 5.41) is 8.53. The lowest BCUT2D eigenvalue weighted by Gasteiger charge is -2.40. The maximum absolute atomic E-state index is 6.07. The standard InChI is InChI=1S/C14H14ClN3/c15-11-3-1-2-10(8-11)13-14-12(16-17-13)9-4-6-18(14)7-5-9/h1-3,8-9H,4-7H2,(H,16,17). The second-order valence-electron chi connectivity index (χ2n) is 5.11. The zero-order valence-corrected chi connectivity index (χ0v) is 10.7. The Bertz CT molecular complexity index is 597. The summed E-state index contributed by atoms with van der Waals surface area (Å²) in [6.07, 6.45) is 2.51. The number of hydrogen-bond donors (Lipinski definition) is 1. The Morgan fingerprint density at radius 1 is 1.28 bits per heavy atom. The number of piperidine rings is 1. The van der Waals surface area contributed by atoms with Gasteiger partial charge < -0.3 is 4.90 Å². The van der Waals surface area contributed by atoms with Crippen LogP contribution >= 0.6 is 11.6 Å². The van der Waals surface area contributed by atoms with Crippen molar-refractivity contribution < 1.29 is 0 Å². The van der Waals surface area contributed by atoms with Crippen LogP contribution in [0.15, 0.2) is 24.3 Å². The van der Waals surface area contributed by atoms with Gasteiger partial charge >= 0.3 is 0 Å². The maximum atomic E-state index is 6.07. The van der Waals surface area contributed by atoms with Crippen LogP contribution in [0.2, 0.25) is 5.02 Å². The fourth-order valence-corrected chi connectivity index (χ4v) is 3.37. The molecule has 1 saturated heterocycles. The zero-order valence-electron chi connectivity index (χ0n) is 9.99. The van der Waals surface area contributed by atoms with E-state index in [1.807, 2.05) is 18.2 Å². The highest BCUT2D eigenvalue weighted by atomic mass is 35.5. The number of anilines is 1. The molecule has 1 aromatic heterocycles. The van der Waals surface area contributed by atoms with Gasteiger partial charge in [0.25, 0.3) is 0 Å². The van der Waals surface area contributed by atoms with Gasteiger partial charge in [-0.25, -0.2) is 0 Å². The van der Waals surface area contributed by atoms with Gasteiger partial charge in [-0.05, 0) is 25.0 Å². The number of fused-ring (bicyclic) bond motifs is 2. The fourth-order valence-electron chi connectivity index (χ4n) is 3.18. The van der Waals surface area contributed by atoms with E-state index >= 15 is 0 Å². The van der Waals surface area contributed by atoms with Crippen molar-refractivity contribution >= 4 is 17.3 Å². The van der Waals surface area contributed by atoms with E-state index < -0.39 is 0 Å². The van der Waals surface area contributed by atoms with E-state index in [4.69, 9.17) is 11.6 Å². The zero-order chi connectivity index (χ0) is 12.1. The molecular weight excluding hydrogens is 246 g/mol. The van der Waals surface area contributed by atoms with E-state index in [2.05, 4.69) is 21.2 Å². The van der Waals surface area contributed by atoms with Gasteiger partial charge in [0.1, 0.15) is 5.69 Å². The highest BCUT2D eigenvalue weighted by molar-refractivity contribution is 6.30. The first-order valence-electron chi connectivity index (χ1n) is 6.42. The number of aromatic amines is 1. The van der Waals surface area contributed by atoms with E-state index in [-0.39, 0.29) is 0 Å². The predicted molar refractivity (Wildman–Crippen MR) is 73.2 cm³/mol. The second-order valence-corrected chi connectivity index (χ2v) is 5.54. The quantitative estimate of drug-likeness (QED) is 0.851. The molecule has 3 aliphatic heterocycles. The van der Waals surface area contributed by atoms with Crippen LogP contribution in [0.3, 0.4) is 0 Å². The third kappa shape index (κ3) is 1.40. The van der Waals surface area contributed by atoms with Crippen LogP contribution < -0.4 is 4.90 Å². The number of H-pyrrole nitrogens is 1. The lowest BCUT2D eigenvalue weighted by Crippen LogP contribution is -2.38. The van der Waals surface area contributed by atoms with Gasteiger partial charge in [0.15, 0.2) is 0 Å². The van der Waals surface area contributed by atoms with Crippen molar-refractivity contribution in [1.82, 2.24) is 10.2 Å². The van der Waals surface area contributed by atoms with Crippen molar-refractivity contribution in [2.75, 3.05) is 18.0 Å². The summed E-state index contributed by atoms with van der Waals surface area (Å²) in [6, 6.07) is 7.94. The van der Waals surface area contributed by atoms with Gasteiger partial charge in [0, 0.05) is 29.6 Å². The fraction of sp³-hybridized carbons (Fsp3) is 0.357. The number of halogens is 1. The maximum Gasteiger partial charge on any atom is 0.116 e. The second kappa shape index (κ2) is 3.75. The number of rotatable bonds is 1. The van der Waals surface area contributed by atoms with Gasteiger partial charge in [0.2, 0.25) is 0 Å². The molecule has 0 radical (unpaired) electrons. The Morgan fingerprint density at radius 3 is 2.89 bits per heavy atom. The topological polar surface area (TPSA) is 31.9 Å². The molecule has 1 N–H and O–H groups in total. The van der Waals surface area contributed by atoms with Gasteiger partial charge in [-0.1, -0.05) is 23.7 Å². The molecule has 0 atom stereocenters. The number of hydrogen-bond acceptors (Lipinski definition) is 2. The van der Waals surface area contributed by atoms with E-state index in [1.54, 1.807) is 0 Å². The first-order chi connectivity index (χ1) is 8.83. The highest BCUT2D eigenvalue weighted by Gasteiger charge is 2.35. The molecule has 1 aromatic carbocycles. The molecule has 2 bridgehead atoms. The first-order valence-corrected chi connectivity index (χ1v) is 6.80. The summed E-state index contributed by atoms with van der Waals surface area (Å²) in [4.78, 5) is 2.45. The SMILES string of the molecule is Clc1cccc(-c2n[nH]c3c2N2CCC3CC2)c1. The molecule has 0 amide bonds. The molecule has 0 saturated carbocycles. The Hall–Kier alpha value is -1.48. The largest absolute Gasteiger partial charge is 0.368 e. The lowest BCUT2D eigenvalue weighted by molar-refractivity contribution is 0.466. The monoisotopic (exact) mass is 259 g/mol. The molecule has 0 unspecified atom stereocenters. The molecule has 3 aliphatic rings. The number of nitrogens with zero attached hydrogens (tertiary/aromatic N) is 2. The molecular formula is C14H14ClN3. The molecule has 3 nitrogen and oxygen atoms in total. The van der Waals surface area contributed by atoms with Crippen LogP contribution in [-0.2, 0) is 0 Å². The van der Waals surface area contributed by atoms with Crippen molar-refractivity contribution in [3.63, 3.8) is 0 Å². The average Bonchev–Trinajstić information content (AvgIpc) is 2.87. The van der Waals surface area contributed by atoms with Crippen LogP contribution in [0.5, 0.6) is 0 Å². The highest BCUT2D eigenvalue weighted by Crippen LogP contribution is 2.45. The van der Waals surface area contributed by atoms with Gasteiger partial charge in [-0.3, -0.25) is 5.10 Å². The minimum absolute atomic E-state index is 0.672. The Morgan fingerprint density at radius 2 is 2.11 bits per heavy atom. The summed E-state index contributed by atoms with van der Waals surface area (Å²) in [6.45, 7) is 2.32. The third-order valence-electron chi connectivity index (χ3n) is 4.09. The summed E-state index contributed by atoms with van der Waals surface area (Å²) < 4.78 is 0. The Labute approximate surface area is 111 Å². The van der Waals surface area contributed by atoms with Crippen LogP contribution in [0.25, 0.3) is 11.3 Å². The van der Waals surface area contributed by atoms with Crippen molar-refractivity contribution in [3.8, 4) is 11.3 Å². The summed E-state index contributed by atoms with van der Waals surface area (Å²) in [7, 11) is 0. The third-order valence-corrected chi connectivity index (χ3v) is 4.32. The van der Waals surface area contributed by atoms with Crippen molar-refractivity contribution in [3.05, 3.63) is 35.0 Å². The molecule has 2 aromatic rings. The van der Waals surface area contributed by atoms with Gasteiger partial charge in [-0.15, -0.1) is 0 Å². The molecule has 4 heterocycles. The summed E-state index contributed by atoms with van der Waals surface area (Å²) >= 11 is 6.07. The lowest BCUT2D eigenvalue weighted by atomic mass is 9.86. The first kappa shape index (κ1) is 10.4. The van der Waals surface area contributed by atoms with E-state index in [1.165, 1.54) is 24.2 Å². The van der Waals surface area contributed by atoms with E-state index in [9.17, 15) is 0 Å². The van der Waals surface area contributed by atoms with E-state index in [0.717, 1.165) is 29.4 Å². The molecule has 0 spiro atoms. The van der Waals surface area contributed by atoms with Crippen LogP contribution in [0, 0.1) is 0 Å². The Kier molecular flexibility index (Phi) is 2.18. The molecule has 92 valence electrons. The number of benzene rings is 1. The van der Waals surface area contributed by atoms with Crippen molar-refractivity contribution in [2.24, 2.45) is 0 Å². The molecule has 4 heteroatoms. The normalized spacial score (nSPS) is 18.2. The smallest absolute Gasteiger partial charge is 0.116 e. The summed E-state index contributed by atoms with van der Waals surface area (Å²) in [5.41, 5.74) is 4.78. The number of nitrogens with one attached hydrogen (secondary N) is 1. The van der Waals surface area contributed by atoms with Crippen LogP contribution in [-0.4, -0.2) is 23.3 Å². The Balaban J connectivity index is 1.89. The minimum Gasteiger partial charge on any atom is -0.368 e. The molecule has 5 rings (SSSR count). The summed E-state index contributed by atoms with van der Waals surface area (Å²) in [5.74, 6) is 0.672. The van der Waals surface area contributed by atoms with Gasteiger partial charge in [-0.2, -0.15) is 5.10 Å². The van der Waals surface area contributed by atoms with Crippen molar-refractivity contribution in [2.45, 2.75) is 18.8 Å². The van der Waals surface area contributed by atoms with E-state index in [0.29, 0.717) is 5.92 Å². The molecule has 0 aliphatic carbocycles. The van der Waals surface area contributed by atoms with Gasteiger partial charge in [0.05, 0.1) is 11.4 Å². The van der Waals surface area contributed by atoms with Crippen molar-refractivity contribution in [1.29, 1.82) is 0 Å². The molecule has 18 heavy (non-hydrogen) atoms. The molecule has 1 fully saturated rings. The average molecular weight is 260 g/mol. The minimum atomic E-state index is 0.672.